The highest BCUT2D eigenvalue weighted by molar-refractivity contribution is 6.31. The molecular formula is C14H14ClNO4. The molecular weight excluding hydrogens is 282 g/mol. The average molecular weight is 296 g/mol. The van der Waals surface area contributed by atoms with Crippen LogP contribution in [0.3, 0.4) is 0 Å². The molecule has 0 radical (unpaired) electrons. The van der Waals surface area contributed by atoms with Crippen molar-refractivity contribution in [3.8, 4) is 0 Å². The van der Waals surface area contributed by atoms with E-state index in [1.165, 1.54) is 4.90 Å². The van der Waals surface area contributed by atoms with Crippen LogP contribution in [-0.2, 0) is 4.79 Å². The molecule has 1 aromatic carbocycles. The lowest BCUT2D eigenvalue weighted by molar-refractivity contribution is -0.138. The topological polar surface area (TPSA) is 70.8 Å². The number of carboxylic acids is 1. The third-order valence-electron chi connectivity index (χ3n) is 2.88. The molecule has 1 N–H and O–H groups in total. The van der Waals surface area contributed by atoms with E-state index in [9.17, 15) is 9.59 Å². The van der Waals surface area contributed by atoms with Crippen LogP contribution >= 0.6 is 11.6 Å². The number of carbonyl (C=O) groups is 2. The second kappa shape index (κ2) is 5.54. The number of hydrogen-bond acceptors (Lipinski definition) is 3. The van der Waals surface area contributed by atoms with Gasteiger partial charge in [0.15, 0.2) is 5.76 Å². The number of nitrogens with zero attached hydrogens (tertiary/aromatic N) is 1. The number of benzene rings is 1. The number of carboxylic acid groups (broad SMARTS) is 1. The van der Waals surface area contributed by atoms with Gasteiger partial charge in [0, 0.05) is 16.5 Å². The molecule has 2 aromatic rings. The highest BCUT2D eigenvalue weighted by Gasteiger charge is 2.24. The second-order valence-electron chi connectivity index (χ2n) is 4.71. The van der Waals surface area contributed by atoms with E-state index in [-0.39, 0.29) is 18.3 Å². The normalized spacial score (nSPS) is 11.0. The van der Waals surface area contributed by atoms with Crippen molar-refractivity contribution in [2.45, 2.75) is 19.9 Å². The summed E-state index contributed by atoms with van der Waals surface area (Å²) in [7, 11) is 0. The Hall–Kier alpha value is -2.01. The first-order chi connectivity index (χ1) is 9.38. The molecule has 0 aliphatic carbocycles. The predicted octanol–water partition coefficient (Wildman–Crippen LogP) is 3.02. The van der Waals surface area contributed by atoms with Gasteiger partial charge in [0.25, 0.3) is 5.91 Å². The summed E-state index contributed by atoms with van der Waals surface area (Å²) in [4.78, 5) is 24.4. The summed E-state index contributed by atoms with van der Waals surface area (Å²) in [5, 5.41) is 10.1. The van der Waals surface area contributed by atoms with Gasteiger partial charge in [-0.05, 0) is 38.1 Å². The fourth-order valence-corrected chi connectivity index (χ4v) is 2.08. The minimum atomic E-state index is -1.06. The van der Waals surface area contributed by atoms with Gasteiger partial charge in [0.05, 0.1) is 0 Å². The van der Waals surface area contributed by atoms with Gasteiger partial charge in [0.2, 0.25) is 0 Å². The molecule has 20 heavy (non-hydrogen) atoms. The number of halogens is 1. The molecule has 0 saturated heterocycles. The highest BCUT2D eigenvalue weighted by Crippen LogP contribution is 2.24. The van der Waals surface area contributed by atoms with Crippen molar-refractivity contribution < 1.29 is 19.1 Å². The van der Waals surface area contributed by atoms with Crippen molar-refractivity contribution in [1.82, 2.24) is 4.90 Å². The van der Waals surface area contributed by atoms with Gasteiger partial charge >= 0.3 is 5.97 Å². The fourth-order valence-electron chi connectivity index (χ4n) is 1.90. The lowest BCUT2D eigenvalue weighted by atomic mass is 10.2. The van der Waals surface area contributed by atoms with Crippen LogP contribution in [0.25, 0.3) is 11.0 Å². The lowest BCUT2D eigenvalue weighted by Gasteiger charge is -2.23. The van der Waals surface area contributed by atoms with Crippen molar-refractivity contribution in [2.24, 2.45) is 0 Å². The molecule has 0 saturated carbocycles. The minimum absolute atomic E-state index is 0.109. The Morgan fingerprint density at radius 3 is 2.65 bits per heavy atom. The van der Waals surface area contributed by atoms with E-state index in [0.717, 1.165) is 0 Å². The fraction of sp³-hybridized carbons (Fsp3) is 0.286. The third-order valence-corrected chi connectivity index (χ3v) is 3.11. The van der Waals surface area contributed by atoms with Crippen molar-refractivity contribution in [3.63, 3.8) is 0 Å². The van der Waals surface area contributed by atoms with Gasteiger partial charge in [-0.15, -0.1) is 0 Å². The Morgan fingerprint density at radius 1 is 1.35 bits per heavy atom. The molecule has 0 aliphatic heterocycles. The van der Waals surface area contributed by atoms with E-state index in [1.807, 2.05) is 0 Å². The van der Waals surface area contributed by atoms with Gasteiger partial charge in [-0.3, -0.25) is 9.59 Å². The average Bonchev–Trinajstić information content (AvgIpc) is 2.77. The molecule has 0 bridgehead atoms. The molecule has 0 atom stereocenters. The Morgan fingerprint density at radius 2 is 2.05 bits per heavy atom. The van der Waals surface area contributed by atoms with Crippen LogP contribution in [0.4, 0.5) is 0 Å². The Labute approximate surface area is 120 Å². The van der Waals surface area contributed by atoms with Crippen LogP contribution in [-0.4, -0.2) is 34.5 Å². The smallest absolute Gasteiger partial charge is 0.323 e. The summed E-state index contributed by atoms with van der Waals surface area (Å²) >= 11 is 5.87. The molecule has 0 spiro atoms. The molecule has 1 aromatic heterocycles. The van der Waals surface area contributed by atoms with E-state index in [4.69, 9.17) is 21.1 Å². The van der Waals surface area contributed by atoms with Crippen molar-refractivity contribution >= 4 is 34.4 Å². The van der Waals surface area contributed by atoms with Gasteiger partial charge < -0.3 is 14.4 Å². The Balaban J connectivity index is 2.35. The van der Waals surface area contributed by atoms with Gasteiger partial charge in [0.1, 0.15) is 12.1 Å². The van der Waals surface area contributed by atoms with Crippen LogP contribution in [0, 0.1) is 0 Å². The van der Waals surface area contributed by atoms with E-state index in [1.54, 1.807) is 38.1 Å². The summed E-state index contributed by atoms with van der Waals surface area (Å²) in [6.07, 6.45) is 0. The zero-order valence-corrected chi connectivity index (χ0v) is 11.8. The molecule has 2 rings (SSSR count). The van der Waals surface area contributed by atoms with Gasteiger partial charge in [-0.2, -0.15) is 0 Å². The largest absolute Gasteiger partial charge is 0.480 e. The first-order valence-corrected chi connectivity index (χ1v) is 6.48. The molecule has 0 aliphatic rings. The first-order valence-electron chi connectivity index (χ1n) is 6.10. The monoisotopic (exact) mass is 295 g/mol. The van der Waals surface area contributed by atoms with E-state index in [2.05, 4.69) is 0 Å². The molecule has 106 valence electrons. The lowest BCUT2D eigenvalue weighted by Crippen LogP contribution is -2.40. The maximum atomic E-state index is 12.3. The van der Waals surface area contributed by atoms with Crippen LogP contribution in [0.2, 0.25) is 5.02 Å². The SMILES string of the molecule is CC(C)N(CC(=O)O)C(=O)c1cc2cc(Cl)ccc2o1. The maximum Gasteiger partial charge on any atom is 0.323 e. The van der Waals surface area contributed by atoms with E-state index < -0.39 is 11.9 Å². The number of rotatable bonds is 4. The van der Waals surface area contributed by atoms with Crippen LogP contribution < -0.4 is 0 Å². The molecule has 1 heterocycles. The Bertz CT molecular complexity index is 662. The van der Waals surface area contributed by atoms with Crippen LogP contribution in [0.1, 0.15) is 24.4 Å². The predicted molar refractivity (Wildman–Crippen MR) is 75.0 cm³/mol. The zero-order valence-electron chi connectivity index (χ0n) is 11.1. The van der Waals surface area contributed by atoms with E-state index in [0.29, 0.717) is 16.0 Å². The van der Waals surface area contributed by atoms with Crippen LogP contribution in [0.15, 0.2) is 28.7 Å². The first kappa shape index (κ1) is 14.4. The molecule has 0 unspecified atom stereocenters. The minimum Gasteiger partial charge on any atom is -0.480 e. The van der Waals surface area contributed by atoms with Gasteiger partial charge in [-0.1, -0.05) is 11.6 Å². The summed E-state index contributed by atoms with van der Waals surface area (Å²) < 4.78 is 5.45. The summed E-state index contributed by atoms with van der Waals surface area (Å²) in [5.41, 5.74) is 0.539. The molecule has 6 heteroatoms. The number of aliphatic carboxylic acids is 1. The number of carbonyl (C=O) groups excluding carboxylic acids is 1. The highest BCUT2D eigenvalue weighted by atomic mass is 35.5. The zero-order chi connectivity index (χ0) is 14.9. The Kier molecular flexibility index (Phi) is 3.99. The molecule has 0 fully saturated rings. The van der Waals surface area contributed by atoms with Crippen molar-refractivity contribution in [2.75, 3.05) is 6.54 Å². The quantitative estimate of drug-likeness (QED) is 0.941. The second-order valence-corrected chi connectivity index (χ2v) is 5.15. The summed E-state index contributed by atoms with van der Waals surface area (Å²) in [6, 6.07) is 6.36. The maximum absolute atomic E-state index is 12.3. The van der Waals surface area contributed by atoms with Gasteiger partial charge in [-0.25, -0.2) is 0 Å². The number of fused-ring (bicyclic) bond motifs is 1. The summed E-state index contributed by atoms with van der Waals surface area (Å²) in [6.45, 7) is 3.13. The van der Waals surface area contributed by atoms with Crippen LogP contribution in [0.5, 0.6) is 0 Å². The number of hydrogen-bond donors (Lipinski definition) is 1. The van der Waals surface area contributed by atoms with E-state index >= 15 is 0 Å². The molecule has 1 amide bonds. The third kappa shape index (κ3) is 2.93. The van der Waals surface area contributed by atoms with Crippen molar-refractivity contribution in [3.05, 3.63) is 35.0 Å². The molecule has 5 nitrogen and oxygen atoms in total. The van der Waals surface area contributed by atoms with Crippen molar-refractivity contribution in [1.29, 1.82) is 0 Å². The number of amides is 1. The summed E-state index contributed by atoms with van der Waals surface area (Å²) in [5.74, 6) is -1.40. The standard InChI is InChI=1S/C14H14ClNO4/c1-8(2)16(7-13(17)18)14(19)12-6-9-5-10(15)3-4-11(9)20-12/h3-6,8H,7H2,1-2H3,(H,17,18). The number of furan rings is 1.